The molecule has 1 N–H and O–H groups in total. The molecule has 1 unspecified atom stereocenters. The maximum atomic E-state index is 10.5. The van der Waals surface area contributed by atoms with E-state index in [1.54, 1.807) is 0 Å². The van der Waals surface area contributed by atoms with Crippen molar-refractivity contribution in [2.75, 3.05) is 6.61 Å². The number of allylic oxidation sites excluding steroid dienone is 1. The highest BCUT2D eigenvalue weighted by Gasteiger charge is 2.29. The Hall–Kier alpha value is -2.48. The fourth-order valence-electron chi connectivity index (χ4n) is 3.99. The first-order valence-corrected chi connectivity index (χ1v) is 12.2. The molecule has 5 heteroatoms. The lowest BCUT2D eigenvalue weighted by atomic mass is 9.91. The number of hydrogen-bond donors (Lipinski definition) is 1. The average molecular weight is 442 g/mol. The van der Waals surface area contributed by atoms with Crippen molar-refractivity contribution in [3.8, 4) is 17.6 Å². The van der Waals surface area contributed by atoms with Gasteiger partial charge in [-0.25, -0.2) is 0 Å². The van der Waals surface area contributed by atoms with Crippen LogP contribution in [-0.2, 0) is 11.2 Å². The zero-order chi connectivity index (χ0) is 23.1. The van der Waals surface area contributed by atoms with E-state index in [0.29, 0.717) is 13.0 Å². The van der Waals surface area contributed by atoms with Gasteiger partial charge in [0.25, 0.3) is 0 Å². The van der Waals surface area contributed by atoms with Gasteiger partial charge in [0, 0.05) is 12.8 Å². The second-order valence-electron chi connectivity index (χ2n) is 8.96. The molecule has 1 aromatic rings. The zero-order valence-electron chi connectivity index (χ0n) is 19.6. The Labute approximate surface area is 193 Å². The summed E-state index contributed by atoms with van der Waals surface area (Å²) < 4.78 is 12.2. The summed E-state index contributed by atoms with van der Waals surface area (Å²) >= 11 is 0. The minimum Gasteiger partial charge on any atom is -0.494 e. The molecule has 0 amide bonds. The van der Waals surface area contributed by atoms with E-state index in [9.17, 15) is 4.79 Å². The van der Waals surface area contributed by atoms with E-state index in [1.165, 1.54) is 12.0 Å². The number of aliphatic carboxylic acids is 1. The molecule has 0 aromatic heterocycles. The quantitative estimate of drug-likeness (QED) is 0.221. The van der Waals surface area contributed by atoms with Gasteiger partial charge in [-0.2, -0.15) is 5.26 Å². The number of carboxylic acids is 1. The largest absolute Gasteiger partial charge is 0.494 e. The number of carbonyl (C=O) groups is 1. The molecule has 1 atom stereocenters. The lowest BCUT2D eigenvalue weighted by molar-refractivity contribution is -0.137. The average Bonchev–Trinajstić information content (AvgIpc) is 2.77. The molecule has 32 heavy (non-hydrogen) atoms. The number of nitrogens with zero attached hydrogens (tertiary/aromatic N) is 1. The molecular formula is C27H39NO4. The van der Waals surface area contributed by atoms with Gasteiger partial charge in [-0.1, -0.05) is 38.2 Å². The van der Waals surface area contributed by atoms with Crippen molar-refractivity contribution < 1.29 is 19.4 Å². The zero-order valence-corrected chi connectivity index (χ0v) is 19.6. The highest BCUT2D eigenvalue weighted by molar-refractivity contribution is 5.66. The predicted molar refractivity (Wildman–Crippen MR) is 127 cm³/mol. The van der Waals surface area contributed by atoms with Crippen LogP contribution < -0.4 is 9.47 Å². The number of ether oxygens (including phenoxy) is 2. The molecule has 5 nitrogen and oxygen atoms in total. The monoisotopic (exact) mass is 441 g/mol. The van der Waals surface area contributed by atoms with Crippen molar-refractivity contribution in [3.63, 3.8) is 0 Å². The van der Waals surface area contributed by atoms with Gasteiger partial charge in [0.05, 0.1) is 12.7 Å². The van der Waals surface area contributed by atoms with E-state index < -0.39 is 5.97 Å². The third-order valence-corrected chi connectivity index (χ3v) is 5.95. The van der Waals surface area contributed by atoms with Crippen LogP contribution in [0.2, 0.25) is 0 Å². The number of rotatable bonds is 16. The minimum atomic E-state index is -0.708. The van der Waals surface area contributed by atoms with Crippen LogP contribution in [0.4, 0.5) is 0 Å². The lowest BCUT2D eigenvalue weighted by Gasteiger charge is -2.33. The molecule has 0 saturated carbocycles. The van der Waals surface area contributed by atoms with Crippen molar-refractivity contribution in [1.29, 1.82) is 5.26 Å². The molecule has 1 aliphatic rings. The molecule has 0 saturated heterocycles. The second kappa shape index (κ2) is 14.6. The van der Waals surface area contributed by atoms with Crippen molar-refractivity contribution >= 4 is 5.97 Å². The maximum Gasteiger partial charge on any atom is 0.303 e. The Kier molecular flexibility index (Phi) is 11.7. The molecule has 0 fully saturated rings. The molecule has 1 aliphatic heterocycles. The third-order valence-electron chi connectivity index (χ3n) is 5.95. The fraction of sp³-hybridized carbons (Fsp3) is 0.630. The summed E-state index contributed by atoms with van der Waals surface area (Å²) in [6.45, 7) is 2.84. The van der Waals surface area contributed by atoms with Crippen LogP contribution in [-0.4, -0.2) is 23.3 Å². The Morgan fingerprint density at radius 1 is 1.16 bits per heavy atom. The van der Waals surface area contributed by atoms with Gasteiger partial charge >= 0.3 is 5.97 Å². The standard InChI is InChI=1S/C27H39NO4/c1-27(18-11-7-3-2-4-8-12-20-28)19-17-23-22-24(15-16-25(23)32-27)31-21-13-9-5-6-10-14-26(29)30/h11,15-16,18,22H,2-10,12-14,17,19,21H2,1H3,(H,29,30)/b18-11+. The summed E-state index contributed by atoms with van der Waals surface area (Å²) in [6.07, 6.45) is 17.7. The predicted octanol–water partition coefficient (Wildman–Crippen LogP) is 6.99. The van der Waals surface area contributed by atoms with Crippen molar-refractivity contribution in [2.45, 2.75) is 102 Å². The van der Waals surface area contributed by atoms with E-state index in [2.05, 4.69) is 31.2 Å². The van der Waals surface area contributed by atoms with E-state index in [-0.39, 0.29) is 12.0 Å². The Bertz CT molecular complexity index is 767. The molecule has 0 aliphatic carbocycles. The van der Waals surface area contributed by atoms with Crippen molar-refractivity contribution in [2.24, 2.45) is 0 Å². The molecular weight excluding hydrogens is 402 g/mol. The number of unbranched alkanes of at least 4 members (excludes halogenated alkanes) is 9. The summed E-state index contributed by atoms with van der Waals surface area (Å²) in [6, 6.07) is 8.32. The van der Waals surface area contributed by atoms with Gasteiger partial charge < -0.3 is 14.6 Å². The summed E-state index contributed by atoms with van der Waals surface area (Å²) in [4.78, 5) is 10.5. The van der Waals surface area contributed by atoms with Gasteiger partial charge in [-0.3, -0.25) is 4.79 Å². The number of fused-ring (bicyclic) bond motifs is 1. The lowest BCUT2D eigenvalue weighted by Crippen LogP contribution is -2.34. The summed E-state index contributed by atoms with van der Waals surface area (Å²) in [5.41, 5.74) is 0.955. The normalized spacial score (nSPS) is 17.5. The van der Waals surface area contributed by atoms with Crippen LogP contribution in [0.1, 0.15) is 96.0 Å². The molecule has 0 spiro atoms. The van der Waals surface area contributed by atoms with Crippen LogP contribution in [0, 0.1) is 11.3 Å². The molecule has 176 valence electrons. The number of carboxylic acid groups (broad SMARTS) is 1. The van der Waals surface area contributed by atoms with E-state index in [4.69, 9.17) is 19.8 Å². The Balaban J connectivity index is 1.66. The van der Waals surface area contributed by atoms with Gasteiger partial charge in [0.2, 0.25) is 0 Å². The van der Waals surface area contributed by atoms with Crippen LogP contribution in [0.3, 0.4) is 0 Å². The van der Waals surface area contributed by atoms with E-state index in [0.717, 1.165) is 82.1 Å². The second-order valence-corrected chi connectivity index (χ2v) is 8.96. The highest BCUT2D eigenvalue weighted by Crippen LogP contribution is 2.36. The first-order valence-electron chi connectivity index (χ1n) is 12.2. The van der Waals surface area contributed by atoms with Crippen molar-refractivity contribution in [3.05, 3.63) is 35.9 Å². The SMILES string of the molecule is CC1(/C=C/CCCCCCC#N)CCc2cc(OCCCCCCCC(=O)O)ccc2O1. The van der Waals surface area contributed by atoms with Crippen LogP contribution in [0.5, 0.6) is 11.5 Å². The Morgan fingerprint density at radius 2 is 1.91 bits per heavy atom. The highest BCUT2D eigenvalue weighted by atomic mass is 16.5. The van der Waals surface area contributed by atoms with Crippen LogP contribution >= 0.6 is 0 Å². The minimum absolute atomic E-state index is 0.253. The molecule has 0 bridgehead atoms. The first-order chi connectivity index (χ1) is 15.5. The smallest absolute Gasteiger partial charge is 0.303 e. The van der Waals surface area contributed by atoms with Crippen LogP contribution in [0.15, 0.2) is 30.4 Å². The van der Waals surface area contributed by atoms with Crippen molar-refractivity contribution in [1.82, 2.24) is 0 Å². The number of nitriles is 1. The third kappa shape index (κ3) is 10.2. The summed E-state index contributed by atoms with van der Waals surface area (Å²) in [5.74, 6) is 1.14. The number of benzene rings is 1. The topological polar surface area (TPSA) is 79.5 Å². The molecule has 2 rings (SSSR count). The summed E-state index contributed by atoms with van der Waals surface area (Å²) in [5, 5.41) is 17.2. The number of aryl methyl sites for hydroxylation is 1. The molecule has 1 heterocycles. The number of hydrogen-bond acceptors (Lipinski definition) is 4. The molecule has 1 aromatic carbocycles. The summed E-state index contributed by atoms with van der Waals surface area (Å²) in [7, 11) is 0. The fourth-order valence-corrected chi connectivity index (χ4v) is 3.99. The Morgan fingerprint density at radius 3 is 2.72 bits per heavy atom. The van der Waals surface area contributed by atoms with Gasteiger partial charge in [0.15, 0.2) is 0 Å². The van der Waals surface area contributed by atoms with Gasteiger partial charge in [0.1, 0.15) is 17.1 Å². The van der Waals surface area contributed by atoms with E-state index in [1.807, 2.05) is 12.1 Å². The first kappa shape index (κ1) is 25.8. The van der Waals surface area contributed by atoms with Crippen LogP contribution in [0.25, 0.3) is 0 Å². The maximum absolute atomic E-state index is 10.5. The van der Waals surface area contributed by atoms with Gasteiger partial charge in [-0.15, -0.1) is 0 Å². The van der Waals surface area contributed by atoms with Gasteiger partial charge in [-0.05, 0) is 81.7 Å². The molecule has 0 radical (unpaired) electrons. The van der Waals surface area contributed by atoms with E-state index >= 15 is 0 Å².